The zero-order valence-corrected chi connectivity index (χ0v) is 14.3. The summed E-state index contributed by atoms with van der Waals surface area (Å²) in [6.07, 6.45) is 1.96. The number of hydrogen-bond acceptors (Lipinski definition) is 5. The minimum Gasteiger partial charge on any atom is -0.444 e. The average molecular weight is 324 g/mol. The Morgan fingerprint density at radius 3 is 2.83 bits per heavy atom. The van der Waals surface area contributed by atoms with Crippen molar-refractivity contribution < 1.29 is 14.3 Å². The van der Waals surface area contributed by atoms with Gasteiger partial charge in [-0.1, -0.05) is 0 Å². The number of oxazole rings is 1. The van der Waals surface area contributed by atoms with E-state index in [0.717, 1.165) is 24.6 Å². The van der Waals surface area contributed by atoms with E-state index in [4.69, 9.17) is 9.15 Å². The van der Waals surface area contributed by atoms with Crippen LogP contribution in [-0.4, -0.2) is 48.5 Å². The maximum Gasteiger partial charge on any atom is 0.216 e. The number of hydrogen-bond donors (Lipinski definition) is 3. The molecule has 0 bridgehead atoms. The lowest BCUT2D eigenvalue weighted by molar-refractivity contribution is 0.0345. The summed E-state index contributed by atoms with van der Waals surface area (Å²) in [5, 5.41) is 16.2. The molecule has 0 spiro atoms. The SMILES string of the molecule is CCNC(=NCc1nc(C)c(C)o1)NCC(O)COCC1CC1. The smallest absolute Gasteiger partial charge is 0.216 e. The normalized spacial score (nSPS) is 16.4. The number of nitrogens with zero attached hydrogens (tertiary/aromatic N) is 2. The molecular formula is C16H28N4O3. The molecule has 1 aliphatic carbocycles. The summed E-state index contributed by atoms with van der Waals surface area (Å²) in [6.45, 7) is 8.38. The molecule has 0 aliphatic heterocycles. The van der Waals surface area contributed by atoms with Crippen LogP contribution in [0.15, 0.2) is 9.41 Å². The number of aliphatic imine (C=N–C) groups is 1. The molecule has 1 aromatic heterocycles. The summed E-state index contributed by atoms with van der Waals surface area (Å²) in [4.78, 5) is 8.72. The molecule has 1 heterocycles. The van der Waals surface area contributed by atoms with Gasteiger partial charge in [-0.15, -0.1) is 0 Å². The molecule has 2 rings (SSSR count). The fourth-order valence-electron chi connectivity index (χ4n) is 2.02. The number of aromatic nitrogens is 1. The maximum absolute atomic E-state index is 9.92. The van der Waals surface area contributed by atoms with Gasteiger partial charge < -0.3 is 24.9 Å². The van der Waals surface area contributed by atoms with Gasteiger partial charge in [0.05, 0.1) is 18.4 Å². The standard InChI is InChI=1S/C16H28N4O3/c1-4-17-16(19-8-15-20-11(2)12(3)23-15)18-7-14(21)10-22-9-13-5-6-13/h13-14,21H,4-10H2,1-3H3,(H2,17,18,19). The van der Waals surface area contributed by atoms with Crippen molar-refractivity contribution in [2.24, 2.45) is 10.9 Å². The molecule has 1 saturated carbocycles. The first-order valence-electron chi connectivity index (χ1n) is 8.29. The van der Waals surface area contributed by atoms with Crippen LogP contribution >= 0.6 is 0 Å². The molecular weight excluding hydrogens is 296 g/mol. The first-order valence-corrected chi connectivity index (χ1v) is 8.29. The second-order valence-corrected chi connectivity index (χ2v) is 5.96. The Kier molecular flexibility index (Phi) is 6.85. The van der Waals surface area contributed by atoms with Gasteiger partial charge in [0.1, 0.15) is 12.3 Å². The van der Waals surface area contributed by atoms with Crippen LogP contribution < -0.4 is 10.6 Å². The van der Waals surface area contributed by atoms with E-state index in [9.17, 15) is 5.11 Å². The van der Waals surface area contributed by atoms with E-state index < -0.39 is 6.10 Å². The van der Waals surface area contributed by atoms with Crippen molar-refractivity contribution in [3.8, 4) is 0 Å². The summed E-state index contributed by atoms with van der Waals surface area (Å²) in [6, 6.07) is 0. The van der Waals surface area contributed by atoms with Crippen molar-refractivity contribution in [2.75, 3.05) is 26.3 Å². The van der Waals surface area contributed by atoms with Gasteiger partial charge in [-0.05, 0) is 39.5 Å². The highest BCUT2D eigenvalue weighted by molar-refractivity contribution is 5.79. The Balaban J connectivity index is 1.73. The van der Waals surface area contributed by atoms with Crippen molar-refractivity contribution in [3.63, 3.8) is 0 Å². The van der Waals surface area contributed by atoms with Gasteiger partial charge in [-0.3, -0.25) is 0 Å². The van der Waals surface area contributed by atoms with E-state index in [1.807, 2.05) is 20.8 Å². The van der Waals surface area contributed by atoms with Crippen molar-refractivity contribution in [1.82, 2.24) is 15.6 Å². The van der Waals surface area contributed by atoms with Crippen LogP contribution in [-0.2, 0) is 11.3 Å². The Morgan fingerprint density at radius 1 is 1.43 bits per heavy atom. The second-order valence-electron chi connectivity index (χ2n) is 5.96. The number of aliphatic hydroxyl groups excluding tert-OH is 1. The molecule has 130 valence electrons. The Bertz CT molecular complexity index is 492. The zero-order chi connectivity index (χ0) is 16.7. The van der Waals surface area contributed by atoms with Gasteiger partial charge in [-0.2, -0.15) is 0 Å². The lowest BCUT2D eigenvalue weighted by Gasteiger charge is -2.15. The third-order valence-electron chi connectivity index (χ3n) is 3.66. The quantitative estimate of drug-likeness (QED) is 0.466. The molecule has 1 aromatic rings. The summed E-state index contributed by atoms with van der Waals surface area (Å²) >= 11 is 0. The van der Waals surface area contributed by atoms with Crippen molar-refractivity contribution in [1.29, 1.82) is 0 Å². The third kappa shape index (κ3) is 6.58. The predicted octanol–water partition coefficient (Wildman–Crippen LogP) is 1.13. The number of guanidine groups is 1. The van der Waals surface area contributed by atoms with E-state index >= 15 is 0 Å². The molecule has 0 radical (unpaired) electrons. The minimum atomic E-state index is -0.552. The molecule has 0 aromatic carbocycles. The van der Waals surface area contributed by atoms with Gasteiger partial charge >= 0.3 is 0 Å². The largest absolute Gasteiger partial charge is 0.444 e. The molecule has 23 heavy (non-hydrogen) atoms. The minimum absolute atomic E-state index is 0.348. The predicted molar refractivity (Wildman–Crippen MR) is 88.3 cm³/mol. The Hall–Kier alpha value is -1.60. The zero-order valence-electron chi connectivity index (χ0n) is 14.3. The number of nitrogens with one attached hydrogen (secondary N) is 2. The summed E-state index contributed by atoms with van der Waals surface area (Å²) in [5.74, 6) is 2.74. The number of aliphatic hydroxyl groups is 1. The highest BCUT2D eigenvalue weighted by atomic mass is 16.5. The van der Waals surface area contributed by atoms with Crippen LogP contribution in [0.4, 0.5) is 0 Å². The van der Waals surface area contributed by atoms with E-state index in [1.165, 1.54) is 12.8 Å². The number of aryl methyl sites for hydroxylation is 2. The van der Waals surface area contributed by atoms with Crippen LogP contribution in [0.3, 0.4) is 0 Å². The number of rotatable bonds is 9. The molecule has 1 atom stereocenters. The average Bonchev–Trinajstić information content (AvgIpc) is 3.28. The van der Waals surface area contributed by atoms with Crippen LogP contribution in [0.1, 0.15) is 37.1 Å². The topological polar surface area (TPSA) is 91.9 Å². The lowest BCUT2D eigenvalue weighted by Crippen LogP contribution is -2.42. The maximum atomic E-state index is 9.92. The first kappa shape index (κ1) is 17.7. The van der Waals surface area contributed by atoms with E-state index in [2.05, 4.69) is 20.6 Å². The summed E-state index contributed by atoms with van der Waals surface area (Å²) < 4.78 is 11.0. The van der Waals surface area contributed by atoms with E-state index in [-0.39, 0.29) is 0 Å². The first-order chi connectivity index (χ1) is 11.1. The van der Waals surface area contributed by atoms with Crippen molar-refractivity contribution >= 4 is 5.96 Å². The van der Waals surface area contributed by atoms with Crippen molar-refractivity contribution in [3.05, 3.63) is 17.3 Å². The van der Waals surface area contributed by atoms with Crippen molar-refractivity contribution in [2.45, 2.75) is 46.3 Å². The highest BCUT2D eigenvalue weighted by Crippen LogP contribution is 2.28. The lowest BCUT2D eigenvalue weighted by atomic mass is 10.4. The molecule has 7 heteroatoms. The molecule has 1 unspecified atom stereocenters. The second kappa shape index (κ2) is 8.88. The fraction of sp³-hybridized carbons (Fsp3) is 0.750. The van der Waals surface area contributed by atoms with Gasteiger partial charge in [0.25, 0.3) is 0 Å². The third-order valence-corrected chi connectivity index (χ3v) is 3.66. The fourth-order valence-corrected chi connectivity index (χ4v) is 2.02. The molecule has 0 amide bonds. The Morgan fingerprint density at radius 2 is 2.22 bits per heavy atom. The van der Waals surface area contributed by atoms with Gasteiger partial charge in [0, 0.05) is 19.7 Å². The molecule has 7 nitrogen and oxygen atoms in total. The Labute approximate surface area is 137 Å². The molecule has 1 aliphatic rings. The highest BCUT2D eigenvalue weighted by Gasteiger charge is 2.21. The summed E-state index contributed by atoms with van der Waals surface area (Å²) in [7, 11) is 0. The van der Waals surface area contributed by atoms with Crippen LogP contribution in [0.2, 0.25) is 0 Å². The monoisotopic (exact) mass is 324 g/mol. The molecule has 3 N–H and O–H groups in total. The van der Waals surface area contributed by atoms with Gasteiger partial charge in [0.2, 0.25) is 5.89 Å². The van der Waals surface area contributed by atoms with Gasteiger partial charge in [0.15, 0.2) is 5.96 Å². The molecule has 1 fully saturated rings. The van der Waals surface area contributed by atoms with E-state index in [0.29, 0.717) is 37.5 Å². The van der Waals surface area contributed by atoms with Gasteiger partial charge in [-0.25, -0.2) is 9.98 Å². The molecule has 0 saturated heterocycles. The van der Waals surface area contributed by atoms with E-state index in [1.54, 1.807) is 0 Å². The number of ether oxygens (including phenoxy) is 1. The van der Waals surface area contributed by atoms with Crippen LogP contribution in [0, 0.1) is 19.8 Å². The van der Waals surface area contributed by atoms with Crippen LogP contribution in [0.25, 0.3) is 0 Å². The summed E-state index contributed by atoms with van der Waals surface area (Å²) in [5.41, 5.74) is 0.886. The van der Waals surface area contributed by atoms with Crippen LogP contribution in [0.5, 0.6) is 0 Å².